The maximum absolute atomic E-state index is 12.6. The first-order valence-corrected chi connectivity index (χ1v) is 8.45. The Morgan fingerprint density at radius 1 is 0.950 bits per heavy atom. The fourth-order valence-electron chi connectivity index (χ4n) is 1.55. The van der Waals surface area contributed by atoms with Gasteiger partial charge in [0.2, 0.25) is 0 Å². The van der Waals surface area contributed by atoms with E-state index in [0.717, 1.165) is 0 Å². The third-order valence-corrected chi connectivity index (χ3v) is 4.77. The van der Waals surface area contributed by atoms with Gasteiger partial charge in [0, 0.05) is 0 Å². The van der Waals surface area contributed by atoms with Crippen LogP contribution in [0.2, 0.25) is 0 Å². The van der Waals surface area contributed by atoms with Crippen LogP contribution in [-0.4, -0.2) is 33.6 Å². The van der Waals surface area contributed by atoms with Crippen LogP contribution in [0.3, 0.4) is 0 Å². The first-order chi connectivity index (χ1) is 8.93. The van der Waals surface area contributed by atoms with E-state index in [1.54, 1.807) is 0 Å². The first kappa shape index (κ1) is 20.2. The zero-order chi connectivity index (χ0) is 16.1. The van der Waals surface area contributed by atoms with Crippen molar-refractivity contribution in [3.05, 3.63) is 0 Å². The largest absolute Gasteiger partial charge is 0.390 e. The molecular formula is C10H22F2O6P2. The number of hydrogen-bond acceptors (Lipinski definition) is 6. The molecule has 0 radical (unpaired) electrons. The molecule has 6 atom stereocenters. The SMILES string of the molecule is CC(O)C(C)(CCC(C)(O[PH](=O)F)C(C)O)O[PH](=O)F. The Morgan fingerprint density at radius 2 is 1.20 bits per heavy atom. The van der Waals surface area contributed by atoms with Crippen LogP contribution >= 0.6 is 16.7 Å². The van der Waals surface area contributed by atoms with Gasteiger partial charge in [-0.15, -0.1) is 0 Å². The topological polar surface area (TPSA) is 93.1 Å². The Hall–Kier alpha value is 0.160. The van der Waals surface area contributed by atoms with Gasteiger partial charge in [-0.25, -0.2) is 0 Å². The summed E-state index contributed by atoms with van der Waals surface area (Å²) in [4.78, 5) is 0. The maximum Gasteiger partial charge on any atom is 0.357 e. The molecule has 6 nitrogen and oxygen atoms in total. The quantitative estimate of drug-likeness (QED) is 0.628. The summed E-state index contributed by atoms with van der Waals surface area (Å²) >= 11 is 0. The van der Waals surface area contributed by atoms with Crippen molar-refractivity contribution in [1.29, 1.82) is 0 Å². The lowest BCUT2D eigenvalue weighted by atomic mass is 9.86. The third kappa shape index (κ3) is 6.29. The van der Waals surface area contributed by atoms with Gasteiger partial charge in [-0.05, 0) is 40.5 Å². The maximum atomic E-state index is 12.6. The normalized spacial score (nSPS) is 24.2. The molecule has 10 heteroatoms. The molecule has 0 saturated heterocycles. The van der Waals surface area contributed by atoms with Gasteiger partial charge < -0.3 is 10.2 Å². The molecule has 0 saturated carbocycles. The highest BCUT2D eigenvalue weighted by atomic mass is 31.2. The van der Waals surface area contributed by atoms with Gasteiger partial charge in [-0.3, -0.25) is 18.2 Å². The van der Waals surface area contributed by atoms with Crippen molar-refractivity contribution >= 4 is 16.7 Å². The van der Waals surface area contributed by atoms with Gasteiger partial charge in [-0.2, -0.15) is 8.39 Å². The predicted molar refractivity (Wildman–Crippen MR) is 71.8 cm³/mol. The standard InChI is InChI=1S/C10H22F2O6P2/c1-7(13)9(3,17-19(11)15)5-6-10(4,8(2)14)18-20(12)16/h7-8,13-14,19-20H,5-6H2,1-4H3. The van der Waals surface area contributed by atoms with E-state index in [1.165, 1.54) is 27.7 Å². The smallest absolute Gasteiger partial charge is 0.357 e. The molecule has 0 rings (SSSR count). The van der Waals surface area contributed by atoms with Crippen molar-refractivity contribution in [2.75, 3.05) is 0 Å². The molecule has 0 aliphatic rings. The van der Waals surface area contributed by atoms with E-state index in [9.17, 15) is 27.7 Å². The van der Waals surface area contributed by atoms with E-state index in [4.69, 9.17) is 0 Å². The van der Waals surface area contributed by atoms with E-state index >= 15 is 0 Å². The summed E-state index contributed by atoms with van der Waals surface area (Å²) in [5, 5.41) is 19.2. The lowest BCUT2D eigenvalue weighted by molar-refractivity contribution is -0.0750. The number of aliphatic hydroxyl groups is 2. The van der Waals surface area contributed by atoms with Crippen LogP contribution in [-0.2, 0) is 18.2 Å². The Balaban J connectivity index is 4.97. The van der Waals surface area contributed by atoms with Gasteiger partial charge in [0.15, 0.2) is 0 Å². The average Bonchev–Trinajstić information content (AvgIpc) is 2.24. The average molecular weight is 338 g/mol. The summed E-state index contributed by atoms with van der Waals surface area (Å²) in [7, 11) is -7.58. The molecule has 20 heavy (non-hydrogen) atoms. The summed E-state index contributed by atoms with van der Waals surface area (Å²) in [5.74, 6) is 0. The fraction of sp³-hybridized carbons (Fsp3) is 1.00. The van der Waals surface area contributed by atoms with Crippen LogP contribution in [0.4, 0.5) is 8.39 Å². The van der Waals surface area contributed by atoms with Gasteiger partial charge >= 0.3 is 16.7 Å². The summed E-state index contributed by atoms with van der Waals surface area (Å²) < 4.78 is 55.6. The summed E-state index contributed by atoms with van der Waals surface area (Å²) in [6.07, 6.45) is -2.48. The van der Waals surface area contributed by atoms with Crippen molar-refractivity contribution in [2.45, 2.75) is 63.9 Å². The lowest BCUT2D eigenvalue weighted by Crippen LogP contribution is -2.44. The molecule has 0 aromatic heterocycles. The summed E-state index contributed by atoms with van der Waals surface area (Å²) in [6.45, 7) is 5.31. The number of halogens is 2. The molecule has 122 valence electrons. The summed E-state index contributed by atoms with van der Waals surface area (Å²) in [6, 6.07) is 0. The molecule has 0 aromatic carbocycles. The second kappa shape index (κ2) is 7.97. The minimum atomic E-state index is -3.79. The molecule has 6 unspecified atom stereocenters. The van der Waals surface area contributed by atoms with Gasteiger partial charge in [0.1, 0.15) is 11.2 Å². The Morgan fingerprint density at radius 3 is 1.35 bits per heavy atom. The van der Waals surface area contributed by atoms with E-state index in [-0.39, 0.29) is 12.8 Å². The Kier molecular flexibility index (Phi) is 8.03. The number of rotatable bonds is 9. The van der Waals surface area contributed by atoms with Crippen LogP contribution in [0.5, 0.6) is 0 Å². The highest BCUT2D eigenvalue weighted by molar-refractivity contribution is 7.33. The van der Waals surface area contributed by atoms with Crippen molar-refractivity contribution < 1.29 is 36.8 Å². The van der Waals surface area contributed by atoms with Crippen LogP contribution in [0.1, 0.15) is 40.5 Å². The Labute approximate surface area is 118 Å². The van der Waals surface area contributed by atoms with E-state index in [1.807, 2.05) is 0 Å². The molecule has 0 bridgehead atoms. The second-order valence-corrected chi connectivity index (χ2v) is 6.52. The van der Waals surface area contributed by atoms with Crippen molar-refractivity contribution in [3.8, 4) is 0 Å². The monoisotopic (exact) mass is 338 g/mol. The second-order valence-electron chi connectivity index (χ2n) is 5.16. The number of aliphatic hydroxyl groups excluding tert-OH is 2. The van der Waals surface area contributed by atoms with Crippen LogP contribution < -0.4 is 0 Å². The molecule has 0 amide bonds. The first-order valence-electron chi connectivity index (χ1n) is 6.06. The third-order valence-electron chi connectivity index (χ3n) is 3.51. The molecule has 2 N–H and O–H groups in total. The van der Waals surface area contributed by atoms with Crippen molar-refractivity contribution in [1.82, 2.24) is 0 Å². The molecule has 0 fully saturated rings. The molecule has 0 aromatic rings. The zero-order valence-electron chi connectivity index (χ0n) is 11.9. The van der Waals surface area contributed by atoms with Crippen LogP contribution in [0, 0.1) is 0 Å². The highest BCUT2D eigenvalue weighted by Gasteiger charge is 2.40. The summed E-state index contributed by atoms with van der Waals surface area (Å²) in [5.41, 5.74) is -2.98. The molecule has 0 heterocycles. The van der Waals surface area contributed by atoms with E-state index in [0.29, 0.717) is 0 Å². The Bertz CT molecular complexity index is 334. The molecule has 0 spiro atoms. The zero-order valence-corrected chi connectivity index (χ0v) is 13.9. The van der Waals surface area contributed by atoms with E-state index in [2.05, 4.69) is 9.05 Å². The minimum absolute atomic E-state index is 0.0818. The van der Waals surface area contributed by atoms with Gasteiger partial charge in [0.25, 0.3) is 0 Å². The molecule has 0 aliphatic heterocycles. The lowest BCUT2D eigenvalue weighted by Gasteiger charge is -2.36. The fourth-order valence-corrected chi connectivity index (χ4v) is 2.83. The van der Waals surface area contributed by atoms with Crippen molar-refractivity contribution in [3.63, 3.8) is 0 Å². The van der Waals surface area contributed by atoms with Gasteiger partial charge in [0.05, 0.1) is 12.2 Å². The van der Waals surface area contributed by atoms with Crippen molar-refractivity contribution in [2.24, 2.45) is 0 Å². The highest BCUT2D eigenvalue weighted by Crippen LogP contribution is 2.41. The van der Waals surface area contributed by atoms with Crippen LogP contribution in [0.25, 0.3) is 0 Å². The number of hydrogen-bond donors (Lipinski definition) is 2. The van der Waals surface area contributed by atoms with E-state index < -0.39 is 40.1 Å². The van der Waals surface area contributed by atoms with Gasteiger partial charge in [-0.1, -0.05) is 0 Å². The minimum Gasteiger partial charge on any atom is -0.390 e. The molecule has 0 aliphatic carbocycles. The van der Waals surface area contributed by atoms with Crippen LogP contribution in [0.15, 0.2) is 0 Å². The molecular weight excluding hydrogens is 316 g/mol. The predicted octanol–water partition coefficient (Wildman–Crippen LogP) is 2.80.